The molecular formula is C14H10ClF3N4O. The van der Waals surface area contributed by atoms with Crippen molar-refractivity contribution in [3.05, 3.63) is 52.6 Å². The first-order valence-electron chi connectivity index (χ1n) is 6.52. The Morgan fingerprint density at radius 3 is 2.70 bits per heavy atom. The second-order valence-corrected chi connectivity index (χ2v) is 5.25. The van der Waals surface area contributed by atoms with Crippen LogP contribution in [-0.2, 0) is 12.7 Å². The van der Waals surface area contributed by atoms with E-state index in [2.05, 4.69) is 15.3 Å². The van der Waals surface area contributed by atoms with Crippen LogP contribution in [0.5, 0.6) is 0 Å². The smallest absolute Gasteiger partial charge is 0.416 e. The first-order chi connectivity index (χ1) is 10.8. The Labute approximate surface area is 133 Å². The van der Waals surface area contributed by atoms with E-state index in [1.165, 1.54) is 16.8 Å². The molecule has 0 saturated carbocycles. The lowest BCUT2D eigenvalue weighted by molar-refractivity contribution is -0.137. The Balaban J connectivity index is 1.84. The van der Waals surface area contributed by atoms with Gasteiger partial charge in [0.1, 0.15) is 6.54 Å². The number of aromatic nitrogens is 4. The van der Waals surface area contributed by atoms with E-state index in [1.807, 2.05) is 0 Å². The van der Waals surface area contributed by atoms with Crippen LogP contribution in [0.25, 0.3) is 11.5 Å². The molecule has 0 amide bonds. The lowest BCUT2D eigenvalue weighted by Crippen LogP contribution is -2.04. The molecular weight excluding hydrogens is 333 g/mol. The zero-order valence-corrected chi connectivity index (χ0v) is 12.6. The van der Waals surface area contributed by atoms with Gasteiger partial charge in [0.25, 0.3) is 0 Å². The summed E-state index contributed by atoms with van der Waals surface area (Å²) in [6.45, 7) is 1.93. The van der Waals surface area contributed by atoms with Crippen molar-refractivity contribution in [2.24, 2.45) is 0 Å². The molecule has 0 bridgehead atoms. The molecule has 3 aromatic rings. The monoisotopic (exact) mass is 342 g/mol. The molecule has 3 rings (SSSR count). The highest BCUT2D eigenvalue weighted by Crippen LogP contribution is 2.31. The van der Waals surface area contributed by atoms with E-state index in [9.17, 15) is 13.2 Å². The van der Waals surface area contributed by atoms with E-state index in [0.29, 0.717) is 10.7 Å². The number of benzene rings is 1. The maximum absolute atomic E-state index is 12.7. The molecule has 0 aliphatic heterocycles. The first-order valence-corrected chi connectivity index (χ1v) is 6.90. The zero-order valence-electron chi connectivity index (χ0n) is 11.8. The molecule has 0 N–H and O–H groups in total. The summed E-state index contributed by atoms with van der Waals surface area (Å²) in [7, 11) is 0. The van der Waals surface area contributed by atoms with Gasteiger partial charge in [0.15, 0.2) is 0 Å². The van der Waals surface area contributed by atoms with Crippen molar-refractivity contribution >= 4 is 11.6 Å². The summed E-state index contributed by atoms with van der Waals surface area (Å²) in [5, 5.41) is 12.2. The molecule has 1 aromatic carbocycles. The van der Waals surface area contributed by atoms with Gasteiger partial charge in [-0.15, -0.1) is 10.2 Å². The maximum atomic E-state index is 12.7. The normalized spacial score (nSPS) is 11.9. The molecule has 0 unspecified atom stereocenters. The van der Waals surface area contributed by atoms with Gasteiger partial charge in [0.05, 0.1) is 16.3 Å². The molecule has 0 aliphatic carbocycles. The van der Waals surface area contributed by atoms with Crippen molar-refractivity contribution in [2.75, 3.05) is 0 Å². The molecule has 23 heavy (non-hydrogen) atoms. The van der Waals surface area contributed by atoms with Gasteiger partial charge < -0.3 is 4.42 Å². The third kappa shape index (κ3) is 3.37. The standard InChI is InChI=1S/C14H10ClF3N4O/c1-8-11(15)6-22(21-8)7-12-19-20-13(23-12)9-3-2-4-10(5-9)14(16,17)18/h2-6H,7H2,1H3. The van der Waals surface area contributed by atoms with Crippen molar-refractivity contribution in [3.63, 3.8) is 0 Å². The predicted molar refractivity (Wildman–Crippen MR) is 75.8 cm³/mol. The average molecular weight is 343 g/mol. The lowest BCUT2D eigenvalue weighted by atomic mass is 10.1. The molecule has 2 aromatic heterocycles. The van der Waals surface area contributed by atoms with Crippen LogP contribution < -0.4 is 0 Å². The topological polar surface area (TPSA) is 56.7 Å². The van der Waals surface area contributed by atoms with Gasteiger partial charge in [0.2, 0.25) is 11.8 Å². The SMILES string of the molecule is Cc1nn(Cc2nnc(-c3cccc(C(F)(F)F)c3)o2)cc1Cl. The van der Waals surface area contributed by atoms with Gasteiger partial charge in [0, 0.05) is 11.8 Å². The maximum Gasteiger partial charge on any atom is 0.416 e. The number of hydrogen-bond acceptors (Lipinski definition) is 4. The van der Waals surface area contributed by atoms with Crippen molar-refractivity contribution in [1.82, 2.24) is 20.0 Å². The van der Waals surface area contributed by atoms with E-state index in [4.69, 9.17) is 16.0 Å². The summed E-state index contributed by atoms with van der Waals surface area (Å²) in [6, 6.07) is 4.71. The Morgan fingerprint density at radius 2 is 2.04 bits per heavy atom. The number of halogens is 4. The minimum absolute atomic E-state index is 0.0149. The Morgan fingerprint density at radius 1 is 1.26 bits per heavy atom. The van der Waals surface area contributed by atoms with Crippen LogP contribution in [0, 0.1) is 6.92 Å². The quantitative estimate of drug-likeness (QED) is 0.723. The largest absolute Gasteiger partial charge is 0.419 e. The van der Waals surface area contributed by atoms with E-state index < -0.39 is 11.7 Å². The first kappa shape index (κ1) is 15.5. The van der Waals surface area contributed by atoms with Crippen LogP contribution >= 0.6 is 11.6 Å². The van der Waals surface area contributed by atoms with Gasteiger partial charge in [-0.2, -0.15) is 18.3 Å². The number of nitrogens with zero attached hydrogens (tertiary/aromatic N) is 4. The van der Waals surface area contributed by atoms with E-state index >= 15 is 0 Å². The molecule has 0 aliphatic rings. The number of alkyl halides is 3. The van der Waals surface area contributed by atoms with Crippen molar-refractivity contribution in [1.29, 1.82) is 0 Å². The fraction of sp³-hybridized carbons (Fsp3) is 0.214. The van der Waals surface area contributed by atoms with Crippen LogP contribution in [0.4, 0.5) is 13.2 Å². The molecule has 2 heterocycles. The van der Waals surface area contributed by atoms with Crippen LogP contribution in [0.3, 0.4) is 0 Å². The fourth-order valence-corrected chi connectivity index (χ4v) is 2.13. The third-order valence-electron chi connectivity index (χ3n) is 3.09. The molecule has 0 fully saturated rings. The van der Waals surface area contributed by atoms with Gasteiger partial charge in [-0.05, 0) is 25.1 Å². The second kappa shape index (κ2) is 5.69. The predicted octanol–water partition coefficient (Wildman–Crippen LogP) is 3.96. The molecule has 120 valence electrons. The highest BCUT2D eigenvalue weighted by atomic mass is 35.5. The van der Waals surface area contributed by atoms with Gasteiger partial charge in [-0.25, -0.2) is 0 Å². The van der Waals surface area contributed by atoms with Crippen LogP contribution in [0.15, 0.2) is 34.9 Å². The Bertz CT molecular complexity index is 821. The van der Waals surface area contributed by atoms with E-state index in [1.54, 1.807) is 13.1 Å². The summed E-state index contributed by atoms with van der Waals surface area (Å²) in [6.07, 6.45) is -2.83. The minimum Gasteiger partial charge on any atom is -0.419 e. The van der Waals surface area contributed by atoms with Crippen molar-refractivity contribution in [2.45, 2.75) is 19.6 Å². The fourth-order valence-electron chi connectivity index (χ4n) is 1.98. The number of aryl methyl sites for hydroxylation is 1. The Kier molecular flexibility index (Phi) is 3.85. The van der Waals surface area contributed by atoms with E-state index in [0.717, 1.165) is 12.1 Å². The molecule has 5 nitrogen and oxygen atoms in total. The van der Waals surface area contributed by atoms with Crippen molar-refractivity contribution < 1.29 is 17.6 Å². The average Bonchev–Trinajstić information content (AvgIpc) is 3.06. The number of rotatable bonds is 3. The lowest BCUT2D eigenvalue weighted by Gasteiger charge is -2.06. The van der Waals surface area contributed by atoms with Gasteiger partial charge >= 0.3 is 6.18 Å². The Hall–Kier alpha value is -2.35. The van der Waals surface area contributed by atoms with E-state index in [-0.39, 0.29) is 23.9 Å². The summed E-state index contributed by atoms with van der Waals surface area (Å²) in [5.41, 5.74) is 0.0850. The van der Waals surface area contributed by atoms with Crippen LogP contribution in [-0.4, -0.2) is 20.0 Å². The van der Waals surface area contributed by atoms with Gasteiger partial charge in [-0.1, -0.05) is 17.7 Å². The summed E-state index contributed by atoms with van der Waals surface area (Å²) >= 11 is 5.90. The minimum atomic E-state index is -4.43. The zero-order chi connectivity index (χ0) is 16.6. The summed E-state index contributed by atoms with van der Waals surface area (Å²) < 4.78 is 45.1. The molecule has 0 radical (unpaired) electrons. The third-order valence-corrected chi connectivity index (χ3v) is 3.46. The molecule has 0 spiro atoms. The summed E-state index contributed by atoms with van der Waals surface area (Å²) in [5.74, 6) is 0.234. The van der Waals surface area contributed by atoms with Crippen molar-refractivity contribution in [3.8, 4) is 11.5 Å². The molecule has 9 heteroatoms. The van der Waals surface area contributed by atoms with Gasteiger partial charge in [-0.3, -0.25) is 4.68 Å². The highest BCUT2D eigenvalue weighted by Gasteiger charge is 2.30. The summed E-state index contributed by atoms with van der Waals surface area (Å²) in [4.78, 5) is 0. The molecule has 0 atom stereocenters. The number of hydrogen-bond donors (Lipinski definition) is 0. The highest BCUT2D eigenvalue weighted by molar-refractivity contribution is 6.31. The second-order valence-electron chi connectivity index (χ2n) is 4.84. The van der Waals surface area contributed by atoms with Crippen LogP contribution in [0.2, 0.25) is 5.02 Å². The van der Waals surface area contributed by atoms with Crippen LogP contribution in [0.1, 0.15) is 17.1 Å². The molecule has 0 saturated heterocycles.